The molecule has 0 aliphatic carbocycles. The summed E-state index contributed by atoms with van der Waals surface area (Å²) in [4.78, 5) is -0.566. The molecule has 0 fully saturated rings. The summed E-state index contributed by atoms with van der Waals surface area (Å²) < 4.78 is 110. The predicted octanol–water partition coefficient (Wildman–Crippen LogP) is 6.32. The molecule has 0 aliphatic rings. The summed E-state index contributed by atoms with van der Waals surface area (Å²) in [6, 6.07) is 12.6. The molecule has 0 atom stereocenters. The van der Waals surface area contributed by atoms with Crippen molar-refractivity contribution < 1.29 is 39.5 Å². The third kappa shape index (κ3) is 5.48. The number of halogens is 6. The van der Waals surface area contributed by atoms with Crippen molar-refractivity contribution in [1.82, 2.24) is 0 Å². The fourth-order valence-corrected chi connectivity index (χ4v) is 3.58. The van der Waals surface area contributed by atoms with Crippen molar-refractivity contribution in [2.24, 2.45) is 0 Å². The van der Waals surface area contributed by atoms with Gasteiger partial charge in [-0.3, -0.25) is 4.72 Å². The smallest absolute Gasteiger partial charge is 0.416 e. The van der Waals surface area contributed by atoms with E-state index in [-0.39, 0.29) is 11.5 Å². The zero-order valence-corrected chi connectivity index (χ0v) is 16.1. The Bertz CT molecular complexity index is 1160. The maximum atomic E-state index is 13.1. The normalized spacial score (nSPS) is 12.5. The molecule has 3 aromatic carbocycles. The Labute approximate surface area is 173 Å². The van der Waals surface area contributed by atoms with Crippen LogP contribution in [0.3, 0.4) is 0 Å². The van der Waals surface area contributed by atoms with Crippen LogP contribution in [0, 0.1) is 0 Å². The van der Waals surface area contributed by atoms with Gasteiger partial charge in [0.1, 0.15) is 5.75 Å². The molecule has 1 N–H and O–H groups in total. The van der Waals surface area contributed by atoms with Crippen LogP contribution in [-0.4, -0.2) is 8.42 Å². The maximum Gasteiger partial charge on any atom is 0.416 e. The Kier molecular flexibility index (Phi) is 5.90. The van der Waals surface area contributed by atoms with Gasteiger partial charge in [0.2, 0.25) is 0 Å². The predicted molar refractivity (Wildman–Crippen MR) is 100 cm³/mol. The van der Waals surface area contributed by atoms with E-state index in [1.807, 2.05) is 4.72 Å². The average molecular weight is 461 g/mol. The Balaban J connectivity index is 1.99. The van der Waals surface area contributed by atoms with Gasteiger partial charge >= 0.3 is 12.4 Å². The topological polar surface area (TPSA) is 55.4 Å². The molecule has 31 heavy (non-hydrogen) atoms. The van der Waals surface area contributed by atoms with Gasteiger partial charge < -0.3 is 4.74 Å². The number of sulfonamides is 1. The number of hydrogen-bond acceptors (Lipinski definition) is 3. The molecule has 3 aromatic rings. The molecule has 0 aromatic heterocycles. The van der Waals surface area contributed by atoms with Crippen molar-refractivity contribution in [2.45, 2.75) is 17.2 Å². The minimum absolute atomic E-state index is 0.227. The summed E-state index contributed by atoms with van der Waals surface area (Å²) in [5.74, 6) is 0.00641. The lowest BCUT2D eigenvalue weighted by atomic mass is 10.2. The maximum absolute atomic E-state index is 13.1. The number of para-hydroxylation sites is 1. The zero-order chi connectivity index (χ0) is 22.9. The third-order valence-electron chi connectivity index (χ3n) is 4.01. The monoisotopic (exact) mass is 461 g/mol. The molecule has 0 radical (unpaired) electrons. The van der Waals surface area contributed by atoms with E-state index in [1.54, 1.807) is 18.2 Å². The lowest BCUT2D eigenvalue weighted by Crippen LogP contribution is -2.15. The number of benzene rings is 3. The third-order valence-corrected chi connectivity index (χ3v) is 5.40. The van der Waals surface area contributed by atoms with Crippen molar-refractivity contribution >= 4 is 15.7 Å². The van der Waals surface area contributed by atoms with Crippen molar-refractivity contribution in [3.8, 4) is 11.5 Å². The molecule has 0 heterocycles. The van der Waals surface area contributed by atoms with E-state index in [2.05, 4.69) is 0 Å². The molecule has 0 amide bonds. The first-order valence-corrected chi connectivity index (χ1v) is 9.99. The van der Waals surface area contributed by atoms with E-state index in [9.17, 15) is 34.8 Å². The van der Waals surface area contributed by atoms with Gasteiger partial charge in [-0.1, -0.05) is 18.2 Å². The van der Waals surface area contributed by atoms with Gasteiger partial charge in [-0.05, 0) is 54.6 Å². The van der Waals surface area contributed by atoms with Gasteiger partial charge in [0.25, 0.3) is 10.0 Å². The van der Waals surface area contributed by atoms with Gasteiger partial charge in [0, 0.05) is 0 Å². The molecule has 0 unspecified atom stereocenters. The Morgan fingerprint density at radius 3 is 1.81 bits per heavy atom. The molecule has 0 bridgehead atoms. The van der Waals surface area contributed by atoms with E-state index in [1.165, 1.54) is 12.1 Å². The van der Waals surface area contributed by atoms with Crippen LogP contribution in [0.1, 0.15) is 11.1 Å². The molecule has 11 heteroatoms. The van der Waals surface area contributed by atoms with Crippen LogP contribution in [-0.2, 0) is 22.4 Å². The number of anilines is 1. The fourth-order valence-electron chi connectivity index (χ4n) is 2.52. The lowest BCUT2D eigenvalue weighted by Gasteiger charge is -2.16. The number of nitrogens with one attached hydrogen (secondary N) is 1. The van der Waals surface area contributed by atoms with Crippen molar-refractivity contribution in [2.75, 3.05) is 4.72 Å². The number of rotatable bonds is 5. The highest BCUT2D eigenvalue weighted by Gasteiger charge is 2.33. The van der Waals surface area contributed by atoms with E-state index in [0.29, 0.717) is 36.4 Å². The molecule has 0 saturated carbocycles. The minimum Gasteiger partial charge on any atom is -0.455 e. The average Bonchev–Trinajstić information content (AvgIpc) is 2.68. The largest absolute Gasteiger partial charge is 0.455 e. The first-order valence-electron chi connectivity index (χ1n) is 8.50. The Morgan fingerprint density at radius 1 is 0.710 bits per heavy atom. The number of alkyl halides is 6. The van der Waals surface area contributed by atoms with Crippen LogP contribution >= 0.6 is 0 Å². The number of hydrogen-bond donors (Lipinski definition) is 1. The van der Waals surface area contributed by atoms with Gasteiger partial charge in [0.05, 0.1) is 21.7 Å². The van der Waals surface area contributed by atoms with Crippen molar-refractivity contribution in [3.63, 3.8) is 0 Å². The van der Waals surface area contributed by atoms with Crippen molar-refractivity contribution in [1.29, 1.82) is 0 Å². The van der Waals surface area contributed by atoms with Crippen LogP contribution < -0.4 is 9.46 Å². The van der Waals surface area contributed by atoms with E-state index in [0.717, 1.165) is 6.07 Å². The van der Waals surface area contributed by atoms with Crippen LogP contribution in [0.2, 0.25) is 0 Å². The molecular weight excluding hydrogens is 448 g/mol. The standard InChI is InChI=1S/C20H13F6NO3S/c21-19(22,23)13-6-9-16(10-7-13)31(28,29)27-17-12-14(20(24,25)26)8-11-18(17)30-15-4-2-1-3-5-15/h1-12,27H. The highest BCUT2D eigenvalue weighted by atomic mass is 32.2. The van der Waals surface area contributed by atoms with Gasteiger partial charge in [-0.2, -0.15) is 26.3 Å². The van der Waals surface area contributed by atoms with E-state index >= 15 is 0 Å². The summed E-state index contributed by atoms with van der Waals surface area (Å²) in [6.45, 7) is 0. The summed E-state index contributed by atoms with van der Waals surface area (Å²) in [7, 11) is -4.52. The van der Waals surface area contributed by atoms with Crippen molar-refractivity contribution in [3.05, 3.63) is 83.9 Å². The van der Waals surface area contributed by atoms with Gasteiger partial charge in [0.15, 0.2) is 5.75 Å². The van der Waals surface area contributed by atoms with E-state index in [4.69, 9.17) is 4.74 Å². The number of ether oxygens (including phenoxy) is 1. The Morgan fingerprint density at radius 2 is 1.26 bits per heavy atom. The Hall–Kier alpha value is -3.21. The van der Waals surface area contributed by atoms with Crippen LogP contribution in [0.4, 0.5) is 32.0 Å². The first kappa shape index (κ1) is 22.5. The highest BCUT2D eigenvalue weighted by Crippen LogP contribution is 2.38. The molecule has 4 nitrogen and oxygen atoms in total. The second-order valence-electron chi connectivity index (χ2n) is 6.25. The lowest BCUT2D eigenvalue weighted by molar-refractivity contribution is -0.138. The van der Waals surface area contributed by atoms with Crippen LogP contribution in [0.15, 0.2) is 77.7 Å². The fraction of sp³-hybridized carbons (Fsp3) is 0.100. The van der Waals surface area contributed by atoms with Gasteiger partial charge in [-0.15, -0.1) is 0 Å². The summed E-state index contributed by atoms with van der Waals surface area (Å²) in [5.41, 5.74) is -2.74. The van der Waals surface area contributed by atoms with Crippen LogP contribution in [0.25, 0.3) is 0 Å². The van der Waals surface area contributed by atoms with Crippen LogP contribution in [0.5, 0.6) is 11.5 Å². The second kappa shape index (κ2) is 8.14. The molecular formula is C20H13F6NO3S. The first-order chi connectivity index (χ1) is 14.4. The minimum atomic E-state index is -4.76. The highest BCUT2D eigenvalue weighted by molar-refractivity contribution is 7.92. The molecule has 3 rings (SSSR count). The summed E-state index contributed by atoms with van der Waals surface area (Å²) in [6.07, 6.45) is -9.44. The second-order valence-corrected chi connectivity index (χ2v) is 7.93. The molecule has 0 saturated heterocycles. The molecule has 164 valence electrons. The van der Waals surface area contributed by atoms with Gasteiger partial charge in [-0.25, -0.2) is 8.42 Å². The summed E-state index contributed by atoms with van der Waals surface area (Å²) in [5, 5.41) is 0. The molecule has 0 spiro atoms. The zero-order valence-electron chi connectivity index (χ0n) is 15.3. The molecule has 0 aliphatic heterocycles. The SMILES string of the molecule is O=S(=O)(Nc1cc(C(F)(F)F)ccc1Oc1ccccc1)c1ccc(C(F)(F)F)cc1. The quantitative estimate of drug-likeness (QED) is 0.453. The van der Waals surface area contributed by atoms with E-state index < -0.39 is 44.1 Å². The summed E-state index contributed by atoms with van der Waals surface area (Å²) >= 11 is 0.